The molecule has 3 aromatic carbocycles. The zero-order valence-corrected chi connectivity index (χ0v) is 15.2. The van der Waals surface area contributed by atoms with E-state index < -0.39 is 0 Å². The Labute approximate surface area is 155 Å². The first-order valence-electron chi connectivity index (χ1n) is 9.61. The summed E-state index contributed by atoms with van der Waals surface area (Å²) >= 11 is 0. The van der Waals surface area contributed by atoms with E-state index >= 15 is 0 Å². The van der Waals surface area contributed by atoms with Gasteiger partial charge >= 0.3 is 0 Å². The highest BCUT2D eigenvalue weighted by Gasteiger charge is 2.52. The molecule has 1 heterocycles. The number of hydrogen-bond acceptors (Lipinski definition) is 2. The van der Waals surface area contributed by atoms with Crippen LogP contribution in [-0.4, -0.2) is 5.66 Å². The number of nitrogens with zero attached hydrogens (tertiary/aromatic N) is 2. The Balaban J connectivity index is 1.80. The van der Waals surface area contributed by atoms with Crippen LogP contribution in [0.4, 0.5) is 22.7 Å². The number of benzene rings is 3. The van der Waals surface area contributed by atoms with Crippen LogP contribution in [0.15, 0.2) is 78.9 Å². The first-order valence-corrected chi connectivity index (χ1v) is 9.61. The summed E-state index contributed by atoms with van der Waals surface area (Å²) in [6.07, 6.45) is 4.93. The zero-order chi connectivity index (χ0) is 17.6. The van der Waals surface area contributed by atoms with Crippen molar-refractivity contribution < 1.29 is 0 Å². The van der Waals surface area contributed by atoms with Crippen LogP contribution in [0.3, 0.4) is 0 Å². The summed E-state index contributed by atoms with van der Waals surface area (Å²) in [4.78, 5) is 5.23. The summed E-state index contributed by atoms with van der Waals surface area (Å²) in [7, 11) is 0. The van der Waals surface area contributed by atoms with Crippen molar-refractivity contribution in [2.75, 3.05) is 9.80 Å². The van der Waals surface area contributed by atoms with Crippen molar-refractivity contribution in [3.63, 3.8) is 0 Å². The Morgan fingerprint density at radius 2 is 1.23 bits per heavy atom. The molecule has 5 rings (SSSR count). The molecule has 2 heteroatoms. The van der Waals surface area contributed by atoms with Gasteiger partial charge in [0.2, 0.25) is 0 Å². The van der Waals surface area contributed by atoms with Gasteiger partial charge in [0.25, 0.3) is 0 Å². The Morgan fingerprint density at radius 1 is 0.654 bits per heavy atom. The molecule has 1 spiro atoms. The highest BCUT2D eigenvalue weighted by atomic mass is 15.5. The minimum atomic E-state index is -0.00282. The molecule has 2 aliphatic rings. The van der Waals surface area contributed by atoms with Crippen LogP contribution in [0.1, 0.15) is 31.2 Å². The lowest BCUT2D eigenvalue weighted by atomic mass is 10.0. The van der Waals surface area contributed by atoms with Crippen molar-refractivity contribution in [1.29, 1.82) is 0 Å². The third-order valence-electron chi connectivity index (χ3n) is 5.95. The molecule has 1 aliphatic heterocycles. The molecule has 1 fully saturated rings. The van der Waals surface area contributed by atoms with E-state index in [0.29, 0.717) is 0 Å². The van der Waals surface area contributed by atoms with E-state index in [-0.39, 0.29) is 5.66 Å². The molecule has 26 heavy (non-hydrogen) atoms. The van der Waals surface area contributed by atoms with Gasteiger partial charge in [0.15, 0.2) is 0 Å². The molecule has 0 atom stereocenters. The van der Waals surface area contributed by atoms with Crippen molar-refractivity contribution in [2.45, 2.75) is 38.3 Å². The molecule has 1 saturated carbocycles. The maximum absolute atomic E-state index is 2.62. The number of aryl methyl sites for hydroxylation is 1. The van der Waals surface area contributed by atoms with Gasteiger partial charge in [-0.25, -0.2) is 0 Å². The number of rotatable bonds is 2. The van der Waals surface area contributed by atoms with Crippen LogP contribution in [0.5, 0.6) is 0 Å². The number of fused-ring (bicyclic) bond motifs is 1. The van der Waals surface area contributed by atoms with Crippen LogP contribution in [0, 0.1) is 6.92 Å². The fourth-order valence-electron chi connectivity index (χ4n) is 4.94. The van der Waals surface area contributed by atoms with E-state index in [1.807, 2.05) is 0 Å². The Bertz CT molecular complexity index is 911. The average molecular weight is 340 g/mol. The van der Waals surface area contributed by atoms with Gasteiger partial charge in [-0.3, -0.25) is 0 Å². The molecule has 0 saturated heterocycles. The van der Waals surface area contributed by atoms with E-state index in [0.717, 1.165) is 0 Å². The van der Waals surface area contributed by atoms with Crippen LogP contribution in [0.25, 0.3) is 0 Å². The second kappa shape index (κ2) is 5.91. The van der Waals surface area contributed by atoms with Crippen LogP contribution in [-0.2, 0) is 0 Å². The predicted octanol–water partition coefficient (Wildman–Crippen LogP) is 6.56. The van der Waals surface area contributed by atoms with Gasteiger partial charge in [-0.1, -0.05) is 48.5 Å². The summed E-state index contributed by atoms with van der Waals surface area (Å²) in [5, 5.41) is 0. The van der Waals surface area contributed by atoms with Gasteiger partial charge in [0, 0.05) is 11.4 Å². The van der Waals surface area contributed by atoms with Gasteiger partial charge in [0.05, 0.1) is 11.4 Å². The van der Waals surface area contributed by atoms with Gasteiger partial charge in [-0.15, -0.1) is 0 Å². The molecule has 3 aromatic rings. The third-order valence-corrected chi connectivity index (χ3v) is 5.95. The molecule has 0 bridgehead atoms. The molecule has 0 radical (unpaired) electrons. The van der Waals surface area contributed by atoms with Gasteiger partial charge in [-0.05, 0) is 68.5 Å². The summed E-state index contributed by atoms with van der Waals surface area (Å²) in [5.41, 5.74) is 6.63. The smallest absolute Gasteiger partial charge is 0.122 e. The van der Waals surface area contributed by atoms with Crippen molar-refractivity contribution in [3.05, 3.63) is 84.4 Å². The highest BCUT2D eigenvalue weighted by molar-refractivity contribution is 5.92. The van der Waals surface area contributed by atoms with E-state index in [2.05, 4.69) is 95.6 Å². The Morgan fingerprint density at radius 3 is 1.85 bits per heavy atom. The second-order valence-corrected chi connectivity index (χ2v) is 7.47. The lowest BCUT2D eigenvalue weighted by Gasteiger charge is -2.43. The van der Waals surface area contributed by atoms with Crippen LogP contribution in [0.2, 0.25) is 0 Å². The first-order chi connectivity index (χ1) is 12.8. The quantitative estimate of drug-likeness (QED) is 0.521. The minimum absolute atomic E-state index is 0.00282. The van der Waals surface area contributed by atoms with Crippen molar-refractivity contribution in [3.8, 4) is 0 Å². The maximum atomic E-state index is 2.62. The van der Waals surface area contributed by atoms with Gasteiger partial charge in [0.1, 0.15) is 5.66 Å². The van der Waals surface area contributed by atoms with Crippen molar-refractivity contribution >= 4 is 22.7 Å². The minimum Gasteiger partial charge on any atom is -0.315 e. The molecular formula is C24H24N2. The summed E-state index contributed by atoms with van der Waals surface area (Å²) in [5.74, 6) is 0. The Kier molecular flexibility index (Phi) is 3.53. The number of anilines is 4. The average Bonchev–Trinajstić information content (AvgIpc) is 3.27. The fourth-order valence-corrected chi connectivity index (χ4v) is 4.94. The Hall–Kier alpha value is -2.74. The topological polar surface area (TPSA) is 6.48 Å². The normalized spacial score (nSPS) is 17.7. The van der Waals surface area contributed by atoms with E-state index in [9.17, 15) is 0 Å². The summed E-state index contributed by atoms with van der Waals surface area (Å²) < 4.78 is 0. The molecule has 0 aromatic heterocycles. The zero-order valence-electron chi connectivity index (χ0n) is 15.2. The molecule has 0 N–H and O–H groups in total. The molecular weight excluding hydrogens is 316 g/mol. The largest absolute Gasteiger partial charge is 0.315 e. The van der Waals surface area contributed by atoms with Gasteiger partial charge < -0.3 is 9.80 Å². The SMILES string of the molecule is Cc1cccc2c1N(c1ccccc1)C1(CCCC1)N2c1ccccc1. The summed E-state index contributed by atoms with van der Waals surface area (Å²) in [6.45, 7) is 2.24. The first kappa shape index (κ1) is 15.5. The van der Waals surface area contributed by atoms with E-state index in [1.54, 1.807) is 0 Å². The monoisotopic (exact) mass is 340 g/mol. The van der Waals surface area contributed by atoms with E-state index in [1.165, 1.54) is 54.0 Å². The molecule has 1 aliphatic carbocycles. The number of hydrogen-bond donors (Lipinski definition) is 0. The van der Waals surface area contributed by atoms with Gasteiger partial charge in [-0.2, -0.15) is 0 Å². The maximum Gasteiger partial charge on any atom is 0.122 e. The van der Waals surface area contributed by atoms with Crippen LogP contribution < -0.4 is 9.80 Å². The predicted molar refractivity (Wildman–Crippen MR) is 110 cm³/mol. The highest BCUT2D eigenvalue weighted by Crippen LogP contribution is 2.58. The third kappa shape index (κ3) is 2.11. The lowest BCUT2D eigenvalue weighted by Crippen LogP contribution is -2.51. The molecule has 0 amide bonds. The standard InChI is InChI=1S/C24H24N2/c1-19-11-10-16-22-23(19)26(21-14-6-3-7-15-21)24(17-8-9-18-24)25(22)20-12-4-2-5-13-20/h2-7,10-16H,8-9,17-18H2,1H3. The molecule has 130 valence electrons. The number of para-hydroxylation sites is 3. The lowest BCUT2D eigenvalue weighted by molar-refractivity contribution is 0.458. The van der Waals surface area contributed by atoms with Crippen molar-refractivity contribution in [1.82, 2.24) is 0 Å². The summed E-state index contributed by atoms with van der Waals surface area (Å²) in [6, 6.07) is 28.6. The van der Waals surface area contributed by atoms with Crippen LogP contribution >= 0.6 is 0 Å². The molecule has 2 nitrogen and oxygen atoms in total. The molecule has 0 unspecified atom stereocenters. The second-order valence-electron chi connectivity index (χ2n) is 7.47. The van der Waals surface area contributed by atoms with E-state index in [4.69, 9.17) is 0 Å². The fraction of sp³-hybridized carbons (Fsp3) is 0.250. The van der Waals surface area contributed by atoms with Crippen molar-refractivity contribution in [2.24, 2.45) is 0 Å².